The lowest BCUT2D eigenvalue weighted by atomic mass is 10.0. The van der Waals surface area contributed by atoms with Gasteiger partial charge in [0.15, 0.2) is 5.78 Å². The van der Waals surface area contributed by atoms with Gasteiger partial charge >= 0.3 is 12.0 Å². The summed E-state index contributed by atoms with van der Waals surface area (Å²) in [5.74, 6) is -0.731. The van der Waals surface area contributed by atoms with E-state index < -0.39 is 17.9 Å². The Kier molecular flexibility index (Phi) is 8.94. The van der Waals surface area contributed by atoms with Gasteiger partial charge in [-0.25, -0.2) is 9.59 Å². The molecule has 3 aromatic carbocycles. The highest BCUT2D eigenvalue weighted by atomic mass is 16.5. The summed E-state index contributed by atoms with van der Waals surface area (Å²) >= 11 is 0. The molecule has 0 fully saturated rings. The van der Waals surface area contributed by atoms with Gasteiger partial charge < -0.3 is 25.4 Å². The van der Waals surface area contributed by atoms with Crippen LogP contribution in [0.3, 0.4) is 0 Å². The van der Waals surface area contributed by atoms with Crippen LogP contribution < -0.4 is 20.7 Å². The predicted octanol–water partition coefficient (Wildman–Crippen LogP) is 4.03. The molecule has 0 aliphatic rings. The number of urea groups is 1. The number of methoxy groups -OCH3 is 1. The van der Waals surface area contributed by atoms with Gasteiger partial charge in [-0.2, -0.15) is 0 Å². The number of amides is 3. The number of hydrogen-bond acceptors (Lipinski definition) is 6. The van der Waals surface area contributed by atoms with Crippen molar-refractivity contribution in [1.29, 1.82) is 0 Å². The fourth-order valence-corrected chi connectivity index (χ4v) is 3.16. The van der Waals surface area contributed by atoms with Crippen molar-refractivity contribution in [2.24, 2.45) is 0 Å². The Morgan fingerprint density at radius 1 is 0.889 bits per heavy atom. The summed E-state index contributed by atoms with van der Waals surface area (Å²) < 4.78 is 10.1. The minimum atomic E-state index is -0.649. The van der Waals surface area contributed by atoms with Crippen LogP contribution in [-0.4, -0.2) is 44.0 Å². The first-order chi connectivity index (χ1) is 17.4. The molecule has 3 aromatic rings. The van der Waals surface area contributed by atoms with Crippen LogP contribution in [0, 0.1) is 0 Å². The van der Waals surface area contributed by atoms with Crippen LogP contribution in [0.15, 0.2) is 85.5 Å². The van der Waals surface area contributed by atoms with E-state index >= 15 is 0 Å². The number of para-hydroxylation sites is 1. The monoisotopic (exact) mass is 487 g/mol. The minimum absolute atomic E-state index is 0.0703. The van der Waals surface area contributed by atoms with Gasteiger partial charge in [-0.15, -0.1) is 0 Å². The number of carbonyl (C=O) groups excluding carboxylic acids is 4. The van der Waals surface area contributed by atoms with Gasteiger partial charge in [0.2, 0.25) is 5.91 Å². The van der Waals surface area contributed by atoms with Crippen molar-refractivity contribution in [2.45, 2.75) is 0 Å². The number of ketones is 1. The molecule has 0 unspecified atom stereocenters. The van der Waals surface area contributed by atoms with E-state index in [0.29, 0.717) is 28.3 Å². The zero-order valence-corrected chi connectivity index (χ0v) is 19.6. The number of rotatable bonds is 10. The average molecular weight is 488 g/mol. The second kappa shape index (κ2) is 12.5. The quantitative estimate of drug-likeness (QED) is 0.225. The number of anilines is 2. The highest BCUT2D eigenvalue weighted by molar-refractivity contribution is 6.14. The largest absolute Gasteiger partial charge is 0.497 e. The molecule has 0 aliphatic carbocycles. The van der Waals surface area contributed by atoms with Gasteiger partial charge in [0.25, 0.3) is 0 Å². The van der Waals surface area contributed by atoms with Gasteiger partial charge in [-0.1, -0.05) is 30.9 Å². The second-order valence-electron chi connectivity index (χ2n) is 7.43. The summed E-state index contributed by atoms with van der Waals surface area (Å²) in [6, 6.07) is 18.7. The van der Waals surface area contributed by atoms with Crippen molar-refractivity contribution in [2.75, 3.05) is 30.9 Å². The number of esters is 1. The summed E-state index contributed by atoms with van der Waals surface area (Å²) in [7, 11) is 1.54. The van der Waals surface area contributed by atoms with E-state index in [1.165, 1.54) is 19.3 Å². The molecular formula is C27H25N3O6. The molecule has 9 nitrogen and oxygen atoms in total. The number of benzene rings is 3. The SMILES string of the molecule is C=CCOC(=O)c1cccc(NC(=O)NCC(=O)Nc2ccccc2C(=O)c2ccc(OC)cc2)c1. The zero-order chi connectivity index (χ0) is 25.9. The molecule has 3 amide bonds. The van der Waals surface area contributed by atoms with Gasteiger partial charge in [-0.3, -0.25) is 9.59 Å². The molecule has 0 aliphatic heterocycles. The van der Waals surface area contributed by atoms with E-state index in [-0.39, 0.29) is 24.5 Å². The predicted molar refractivity (Wildman–Crippen MR) is 135 cm³/mol. The maximum absolute atomic E-state index is 12.9. The third-order valence-corrected chi connectivity index (χ3v) is 4.90. The Hall–Kier alpha value is -4.92. The van der Waals surface area contributed by atoms with E-state index in [0.717, 1.165) is 0 Å². The standard InChI is InChI=1S/C27H25N3O6/c1-3-15-36-26(33)19-7-6-8-20(16-19)29-27(34)28-17-24(31)30-23-10-5-4-9-22(23)25(32)18-11-13-21(35-2)14-12-18/h3-14,16H,1,15,17H2,2H3,(H,30,31)(H2,28,29,34). The Balaban J connectivity index is 1.57. The molecule has 3 N–H and O–H groups in total. The molecule has 36 heavy (non-hydrogen) atoms. The number of nitrogens with one attached hydrogen (secondary N) is 3. The van der Waals surface area contributed by atoms with Crippen LogP contribution in [0.1, 0.15) is 26.3 Å². The summed E-state index contributed by atoms with van der Waals surface area (Å²) in [5.41, 5.74) is 1.66. The Bertz CT molecular complexity index is 1270. The third-order valence-electron chi connectivity index (χ3n) is 4.90. The van der Waals surface area contributed by atoms with Gasteiger partial charge in [0.1, 0.15) is 12.4 Å². The first-order valence-corrected chi connectivity index (χ1v) is 10.9. The Morgan fingerprint density at radius 2 is 1.64 bits per heavy atom. The van der Waals surface area contributed by atoms with Gasteiger partial charge in [0, 0.05) is 16.8 Å². The fourth-order valence-electron chi connectivity index (χ4n) is 3.16. The molecule has 9 heteroatoms. The fraction of sp³-hybridized carbons (Fsp3) is 0.111. The minimum Gasteiger partial charge on any atom is -0.497 e. The maximum Gasteiger partial charge on any atom is 0.338 e. The molecule has 0 saturated heterocycles. The van der Waals surface area contributed by atoms with Crippen LogP contribution in [0.2, 0.25) is 0 Å². The van der Waals surface area contributed by atoms with Crippen LogP contribution >= 0.6 is 0 Å². The molecule has 0 bridgehead atoms. The zero-order valence-electron chi connectivity index (χ0n) is 19.6. The molecule has 0 saturated carbocycles. The van der Waals surface area contributed by atoms with Crippen molar-refractivity contribution in [3.8, 4) is 5.75 Å². The number of hydrogen-bond donors (Lipinski definition) is 3. The molecule has 0 atom stereocenters. The molecule has 3 rings (SSSR count). The highest BCUT2D eigenvalue weighted by Crippen LogP contribution is 2.21. The average Bonchev–Trinajstić information content (AvgIpc) is 2.90. The number of ether oxygens (including phenoxy) is 2. The number of carbonyl (C=O) groups is 4. The van der Waals surface area contributed by atoms with Crippen molar-refractivity contribution in [3.63, 3.8) is 0 Å². The Labute approximate surface area is 208 Å². The summed E-state index contributed by atoms with van der Waals surface area (Å²) in [6.45, 7) is 3.20. The first kappa shape index (κ1) is 25.7. The Morgan fingerprint density at radius 3 is 2.36 bits per heavy atom. The van der Waals surface area contributed by atoms with Crippen molar-refractivity contribution in [3.05, 3.63) is 102 Å². The summed E-state index contributed by atoms with van der Waals surface area (Å²) in [4.78, 5) is 49.6. The normalized spacial score (nSPS) is 10.0. The van der Waals surface area contributed by atoms with Crippen LogP contribution in [0.4, 0.5) is 16.2 Å². The molecule has 0 spiro atoms. The van der Waals surface area contributed by atoms with Gasteiger partial charge in [-0.05, 0) is 54.6 Å². The maximum atomic E-state index is 12.9. The molecule has 0 heterocycles. The third kappa shape index (κ3) is 7.04. The lowest BCUT2D eigenvalue weighted by Gasteiger charge is -2.12. The summed E-state index contributed by atoms with van der Waals surface area (Å²) in [6.07, 6.45) is 1.45. The molecular weight excluding hydrogens is 462 g/mol. The smallest absolute Gasteiger partial charge is 0.338 e. The highest BCUT2D eigenvalue weighted by Gasteiger charge is 2.16. The molecule has 0 radical (unpaired) electrons. The summed E-state index contributed by atoms with van der Waals surface area (Å²) in [5, 5.41) is 7.64. The van der Waals surface area contributed by atoms with Crippen LogP contribution in [-0.2, 0) is 9.53 Å². The van der Waals surface area contributed by atoms with Gasteiger partial charge in [0.05, 0.1) is 24.9 Å². The van der Waals surface area contributed by atoms with E-state index in [1.807, 2.05) is 0 Å². The van der Waals surface area contributed by atoms with E-state index in [9.17, 15) is 19.2 Å². The van der Waals surface area contributed by atoms with Crippen LogP contribution in [0.25, 0.3) is 0 Å². The van der Waals surface area contributed by atoms with Crippen LogP contribution in [0.5, 0.6) is 5.75 Å². The molecule has 184 valence electrons. The van der Waals surface area contributed by atoms with E-state index in [1.54, 1.807) is 66.7 Å². The van der Waals surface area contributed by atoms with Crippen molar-refractivity contribution in [1.82, 2.24) is 5.32 Å². The lowest BCUT2D eigenvalue weighted by molar-refractivity contribution is -0.115. The van der Waals surface area contributed by atoms with Crippen molar-refractivity contribution < 1.29 is 28.7 Å². The first-order valence-electron chi connectivity index (χ1n) is 10.9. The second-order valence-corrected chi connectivity index (χ2v) is 7.43. The lowest BCUT2D eigenvalue weighted by Crippen LogP contribution is -2.36. The topological polar surface area (TPSA) is 123 Å². The van der Waals surface area contributed by atoms with E-state index in [2.05, 4.69) is 22.5 Å². The molecule has 0 aromatic heterocycles. The van der Waals surface area contributed by atoms with Crippen molar-refractivity contribution >= 4 is 35.1 Å². The van der Waals surface area contributed by atoms with E-state index in [4.69, 9.17) is 9.47 Å².